The molecule has 4 aromatic heterocycles. The summed E-state index contributed by atoms with van der Waals surface area (Å²) in [7, 11) is 0. The van der Waals surface area contributed by atoms with E-state index in [1.165, 1.54) is 5.56 Å². The maximum Gasteiger partial charge on any atom is 0.273 e. The second kappa shape index (κ2) is 7.62. The lowest BCUT2D eigenvalue weighted by molar-refractivity contribution is 0.0342. The number of carbonyl (C=O) groups is 1. The quantitative estimate of drug-likeness (QED) is 0.337. The lowest BCUT2D eigenvalue weighted by atomic mass is 10.2. The first-order valence-electron chi connectivity index (χ1n) is 10.4. The number of benzene rings is 1. The van der Waals surface area contributed by atoms with E-state index in [9.17, 15) is 4.79 Å². The first kappa shape index (κ1) is 18.8. The third kappa shape index (κ3) is 3.43. The van der Waals surface area contributed by atoms with Crippen LogP contribution in [0, 0.1) is 0 Å². The SMILES string of the molecule is O=C(Nc1cn[nH]c1-c1nc2ccc(CN3CCOCC3)cc2[nH]1)c1cn2ccnc2[nH]1. The van der Waals surface area contributed by atoms with Crippen LogP contribution in [0.1, 0.15) is 16.1 Å². The molecule has 0 atom stereocenters. The van der Waals surface area contributed by atoms with Gasteiger partial charge in [0.15, 0.2) is 5.82 Å². The number of nitrogens with zero attached hydrogens (tertiary/aromatic N) is 5. The third-order valence-corrected chi connectivity index (χ3v) is 5.61. The van der Waals surface area contributed by atoms with E-state index in [4.69, 9.17) is 4.74 Å². The van der Waals surface area contributed by atoms with Gasteiger partial charge in [-0.25, -0.2) is 9.97 Å². The highest BCUT2D eigenvalue weighted by Crippen LogP contribution is 2.26. The number of morpholine rings is 1. The Bertz CT molecular complexity index is 1370. The van der Waals surface area contributed by atoms with Crippen molar-refractivity contribution in [3.05, 3.63) is 54.2 Å². The number of nitrogens with one attached hydrogen (secondary N) is 4. The number of rotatable bonds is 5. The summed E-state index contributed by atoms with van der Waals surface area (Å²) in [6.45, 7) is 4.31. The minimum atomic E-state index is -0.290. The van der Waals surface area contributed by atoms with Crippen molar-refractivity contribution in [3.8, 4) is 11.5 Å². The molecule has 0 unspecified atom stereocenters. The Hall–Kier alpha value is -3.96. The summed E-state index contributed by atoms with van der Waals surface area (Å²) in [6.07, 6.45) is 6.69. The molecule has 0 radical (unpaired) electrons. The average Bonchev–Trinajstić information content (AvgIpc) is 3.57. The number of ether oxygens (including phenoxy) is 1. The van der Waals surface area contributed by atoms with Gasteiger partial charge in [0.2, 0.25) is 5.78 Å². The number of aromatic amines is 3. The minimum Gasteiger partial charge on any atom is -0.379 e. The van der Waals surface area contributed by atoms with E-state index in [2.05, 4.69) is 52.5 Å². The Morgan fingerprint density at radius 3 is 3.00 bits per heavy atom. The Kier molecular flexibility index (Phi) is 4.47. The first-order chi connectivity index (χ1) is 15.7. The van der Waals surface area contributed by atoms with E-state index < -0.39 is 0 Å². The Labute approximate surface area is 181 Å². The van der Waals surface area contributed by atoms with Crippen LogP contribution in [0.3, 0.4) is 0 Å². The van der Waals surface area contributed by atoms with Gasteiger partial charge >= 0.3 is 0 Å². The summed E-state index contributed by atoms with van der Waals surface area (Å²) in [5.41, 5.74) is 4.55. The second-order valence-corrected chi connectivity index (χ2v) is 7.76. The largest absolute Gasteiger partial charge is 0.379 e. The van der Waals surface area contributed by atoms with Crippen molar-refractivity contribution in [2.75, 3.05) is 31.6 Å². The molecule has 5 aromatic rings. The number of amides is 1. The van der Waals surface area contributed by atoms with Crippen molar-refractivity contribution in [1.29, 1.82) is 0 Å². The molecule has 1 aromatic carbocycles. The van der Waals surface area contributed by atoms with Crippen LogP contribution in [0.25, 0.3) is 28.3 Å². The molecular weight excluding hydrogens is 410 g/mol. The van der Waals surface area contributed by atoms with E-state index >= 15 is 0 Å². The van der Waals surface area contributed by atoms with Crippen LogP contribution < -0.4 is 5.32 Å². The van der Waals surface area contributed by atoms with Gasteiger partial charge in [0.1, 0.15) is 11.4 Å². The van der Waals surface area contributed by atoms with E-state index in [1.54, 1.807) is 29.2 Å². The van der Waals surface area contributed by atoms with Crippen LogP contribution in [0.2, 0.25) is 0 Å². The fraction of sp³-hybridized carbons (Fsp3) is 0.238. The normalized spacial score (nSPS) is 15.0. The average molecular weight is 431 g/mol. The number of imidazole rings is 3. The molecule has 0 spiro atoms. The van der Waals surface area contributed by atoms with Gasteiger partial charge in [-0.1, -0.05) is 6.07 Å². The van der Waals surface area contributed by atoms with Gasteiger partial charge in [0.05, 0.1) is 36.1 Å². The van der Waals surface area contributed by atoms with E-state index in [1.807, 2.05) is 6.07 Å². The van der Waals surface area contributed by atoms with Crippen LogP contribution >= 0.6 is 0 Å². The van der Waals surface area contributed by atoms with Gasteiger partial charge in [-0.2, -0.15) is 5.10 Å². The van der Waals surface area contributed by atoms with Gasteiger partial charge in [0, 0.05) is 38.2 Å². The summed E-state index contributed by atoms with van der Waals surface area (Å²) in [4.78, 5) is 30.2. The third-order valence-electron chi connectivity index (χ3n) is 5.61. The van der Waals surface area contributed by atoms with Gasteiger partial charge < -0.3 is 20.0 Å². The topological polar surface area (TPSA) is 132 Å². The Morgan fingerprint density at radius 1 is 1.22 bits per heavy atom. The number of H-pyrrole nitrogens is 3. The first-order valence-corrected chi connectivity index (χ1v) is 10.4. The second-order valence-electron chi connectivity index (χ2n) is 7.76. The fourth-order valence-corrected chi connectivity index (χ4v) is 3.96. The van der Waals surface area contributed by atoms with Crippen LogP contribution in [-0.4, -0.2) is 71.6 Å². The highest BCUT2D eigenvalue weighted by molar-refractivity contribution is 6.04. The molecule has 0 saturated carbocycles. The molecule has 0 bridgehead atoms. The molecule has 0 aliphatic carbocycles. The number of aromatic nitrogens is 7. The van der Waals surface area contributed by atoms with E-state index in [0.717, 1.165) is 43.9 Å². The summed E-state index contributed by atoms with van der Waals surface area (Å²) < 4.78 is 7.18. The summed E-state index contributed by atoms with van der Waals surface area (Å²) in [5, 5.41) is 9.91. The molecule has 1 fully saturated rings. The predicted molar refractivity (Wildman–Crippen MR) is 117 cm³/mol. The van der Waals surface area contributed by atoms with Gasteiger partial charge in [0.25, 0.3) is 5.91 Å². The standard InChI is InChI=1S/C21H21N9O2/c31-20(17-12-30-4-3-22-21(30)27-17)26-16-10-23-28-18(16)19-24-14-2-1-13(9-15(14)25-19)11-29-5-7-32-8-6-29/h1-4,9-10,12H,5-8,11H2,(H,22,27)(H,23,28)(H,24,25)(H,26,31). The zero-order valence-electron chi connectivity index (χ0n) is 17.1. The van der Waals surface area contributed by atoms with Crippen molar-refractivity contribution in [1.82, 2.24) is 39.4 Å². The van der Waals surface area contributed by atoms with Crippen LogP contribution in [0.4, 0.5) is 5.69 Å². The monoisotopic (exact) mass is 431 g/mol. The summed E-state index contributed by atoms with van der Waals surface area (Å²) >= 11 is 0. The fourth-order valence-electron chi connectivity index (χ4n) is 3.96. The number of anilines is 1. The summed E-state index contributed by atoms with van der Waals surface area (Å²) in [6, 6.07) is 6.22. The van der Waals surface area contributed by atoms with Crippen molar-refractivity contribution < 1.29 is 9.53 Å². The molecule has 11 heteroatoms. The zero-order chi connectivity index (χ0) is 21.5. The summed E-state index contributed by atoms with van der Waals surface area (Å²) in [5.74, 6) is 0.924. The highest BCUT2D eigenvalue weighted by atomic mass is 16.5. The molecule has 1 saturated heterocycles. The molecule has 11 nitrogen and oxygen atoms in total. The van der Waals surface area contributed by atoms with Crippen molar-refractivity contribution >= 4 is 28.4 Å². The lowest BCUT2D eigenvalue weighted by Crippen LogP contribution is -2.35. The number of hydrogen-bond donors (Lipinski definition) is 4. The van der Waals surface area contributed by atoms with Crippen LogP contribution in [0.5, 0.6) is 0 Å². The Morgan fingerprint density at radius 2 is 2.12 bits per heavy atom. The minimum absolute atomic E-state index is 0.290. The maximum absolute atomic E-state index is 12.7. The number of fused-ring (bicyclic) bond motifs is 2. The van der Waals surface area contributed by atoms with E-state index in [-0.39, 0.29) is 5.91 Å². The van der Waals surface area contributed by atoms with Gasteiger partial charge in [-0.15, -0.1) is 0 Å². The van der Waals surface area contributed by atoms with Gasteiger partial charge in [-0.05, 0) is 17.7 Å². The molecule has 5 heterocycles. The predicted octanol–water partition coefficient (Wildman–Crippen LogP) is 2.01. The molecule has 4 N–H and O–H groups in total. The molecule has 162 valence electrons. The van der Waals surface area contributed by atoms with Crippen molar-refractivity contribution in [2.45, 2.75) is 6.54 Å². The molecule has 6 rings (SSSR count). The van der Waals surface area contributed by atoms with Crippen LogP contribution in [-0.2, 0) is 11.3 Å². The van der Waals surface area contributed by atoms with Gasteiger partial charge in [-0.3, -0.25) is 19.2 Å². The van der Waals surface area contributed by atoms with Crippen LogP contribution in [0.15, 0.2) is 43.0 Å². The molecular formula is C21H21N9O2. The van der Waals surface area contributed by atoms with E-state index in [0.29, 0.717) is 28.7 Å². The maximum atomic E-state index is 12.7. The number of carbonyl (C=O) groups excluding carboxylic acids is 1. The zero-order valence-corrected chi connectivity index (χ0v) is 17.1. The highest BCUT2D eigenvalue weighted by Gasteiger charge is 2.17. The number of hydrogen-bond acceptors (Lipinski definition) is 6. The van der Waals surface area contributed by atoms with Crippen molar-refractivity contribution in [3.63, 3.8) is 0 Å². The lowest BCUT2D eigenvalue weighted by Gasteiger charge is -2.26. The molecule has 32 heavy (non-hydrogen) atoms. The molecule has 1 amide bonds. The molecule has 1 aliphatic heterocycles. The Balaban J connectivity index is 1.24. The van der Waals surface area contributed by atoms with Crippen molar-refractivity contribution in [2.24, 2.45) is 0 Å². The molecule has 1 aliphatic rings. The smallest absolute Gasteiger partial charge is 0.273 e.